The van der Waals surface area contributed by atoms with E-state index >= 15 is 0 Å². The van der Waals surface area contributed by atoms with Gasteiger partial charge < -0.3 is 0 Å². The first-order valence-electron chi connectivity index (χ1n) is 7.42. The molecule has 0 aliphatic rings. The van der Waals surface area contributed by atoms with Gasteiger partial charge in [-0.05, 0) is 41.4 Å². The summed E-state index contributed by atoms with van der Waals surface area (Å²) in [6.45, 7) is 25.3. The number of hydrogen-bond donors (Lipinski definition) is 0. The van der Waals surface area contributed by atoms with Crippen molar-refractivity contribution in [2.24, 2.45) is 22.2 Å². The lowest BCUT2D eigenvalue weighted by atomic mass is 9.70. The van der Waals surface area contributed by atoms with E-state index < -0.39 is 0 Å². The summed E-state index contributed by atoms with van der Waals surface area (Å²) in [7, 11) is 0. The van der Waals surface area contributed by atoms with Crippen LogP contribution in [-0.2, 0) is 0 Å². The van der Waals surface area contributed by atoms with Crippen molar-refractivity contribution in [3.8, 4) is 0 Å². The first-order chi connectivity index (χ1) is 7.73. The van der Waals surface area contributed by atoms with Crippen LogP contribution in [0, 0.1) is 22.2 Å². The highest BCUT2D eigenvalue weighted by Crippen LogP contribution is 2.40. The molecule has 0 spiro atoms. The maximum Gasteiger partial charge on any atom is -0.0176 e. The van der Waals surface area contributed by atoms with Crippen molar-refractivity contribution in [1.29, 1.82) is 0 Å². The summed E-state index contributed by atoms with van der Waals surface area (Å²) >= 11 is 0. The Kier molecular flexibility index (Phi) is 5.72. The minimum atomic E-state index is 0.241. The van der Waals surface area contributed by atoms with Gasteiger partial charge in [-0.1, -0.05) is 74.5 Å². The van der Waals surface area contributed by atoms with Crippen LogP contribution in [0.3, 0.4) is 0 Å². The van der Waals surface area contributed by atoms with Gasteiger partial charge in [0.1, 0.15) is 0 Å². The molecule has 108 valence electrons. The van der Waals surface area contributed by atoms with Crippen molar-refractivity contribution in [2.45, 2.75) is 81.6 Å². The third-order valence-electron chi connectivity index (χ3n) is 4.02. The predicted molar refractivity (Wildman–Crippen MR) is 84.8 cm³/mol. The Morgan fingerprint density at radius 2 is 1.33 bits per heavy atom. The van der Waals surface area contributed by atoms with E-state index in [2.05, 4.69) is 68.9 Å². The quantitative estimate of drug-likeness (QED) is 0.503. The maximum absolute atomic E-state index is 4.32. The molecule has 0 bridgehead atoms. The molecule has 0 fully saturated rings. The summed E-state index contributed by atoms with van der Waals surface area (Å²) in [5, 5.41) is 0. The highest BCUT2D eigenvalue weighted by molar-refractivity contribution is 5.07. The molecule has 0 aromatic carbocycles. The van der Waals surface area contributed by atoms with Crippen LogP contribution < -0.4 is 0 Å². The van der Waals surface area contributed by atoms with E-state index in [9.17, 15) is 0 Å². The summed E-state index contributed by atoms with van der Waals surface area (Å²) in [4.78, 5) is 0. The SMILES string of the molecule is C=C(CC(CCC(C)(C)C)C(C)(C)C)C(C)(C)C. The second-order valence-corrected chi connectivity index (χ2v) is 9.22. The van der Waals surface area contributed by atoms with Crippen LogP contribution in [0.4, 0.5) is 0 Å². The van der Waals surface area contributed by atoms with E-state index in [1.807, 2.05) is 0 Å². The summed E-state index contributed by atoms with van der Waals surface area (Å²) in [5.74, 6) is 0.739. The Labute approximate surface area is 116 Å². The molecule has 0 nitrogen and oxygen atoms in total. The molecule has 0 heteroatoms. The largest absolute Gasteiger partial charge is 0.0993 e. The maximum atomic E-state index is 4.32. The summed E-state index contributed by atoms with van der Waals surface area (Å²) < 4.78 is 0. The van der Waals surface area contributed by atoms with Crippen molar-refractivity contribution in [2.75, 3.05) is 0 Å². The molecule has 0 aromatic heterocycles. The first kappa shape index (κ1) is 17.7. The molecule has 0 radical (unpaired) electrons. The van der Waals surface area contributed by atoms with Crippen LogP contribution >= 0.6 is 0 Å². The van der Waals surface area contributed by atoms with Gasteiger partial charge in [-0.25, -0.2) is 0 Å². The van der Waals surface area contributed by atoms with Gasteiger partial charge in [0.2, 0.25) is 0 Å². The second kappa shape index (κ2) is 5.80. The lowest BCUT2D eigenvalue weighted by Gasteiger charge is -2.36. The van der Waals surface area contributed by atoms with Gasteiger partial charge in [-0.15, -0.1) is 0 Å². The average Bonchev–Trinajstić information content (AvgIpc) is 2.06. The van der Waals surface area contributed by atoms with E-state index in [1.54, 1.807) is 0 Å². The zero-order chi connectivity index (χ0) is 14.8. The first-order valence-corrected chi connectivity index (χ1v) is 7.42. The molecule has 0 saturated carbocycles. The van der Waals surface area contributed by atoms with Crippen LogP contribution in [0.1, 0.15) is 81.6 Å². The highest BCUT2D eigenvalue weighted by Gasteiger charge is 2.29. The highest BCUT2D eigenvalue weighted by atomic mass is 14.3. The summed E-state index contributed by atoms with van der Waals surface area (Å²) in [6.07, 6.45) is 3.78. The standard InChI is InChI=1S/C18H36/c1-14(17(5,6)7)13-15(18(8,9)10)11-12-16(2,3)4/h15H,1,11-13H2,2-10H3. The van der Waals surface area contributed by atoms with Gasteiger partial charge in [0.15, 0.2) is 0 Å². The zero-order valence-corrected chi connectivity index (χ0v) is 14.4. The van der Waals surface area contributed by atoms with Gasteiger partial charge >= 0.3 is 0 Å². The molecular weight excluding hydrogens is 216 g/mol. The minimum Gasteiger partial charge on any atom is -0.0993 e. The van der Waals surface area contributed by atoms with Crippen molar-refractivity contribution in [1.82, 2.24) is 0 Å². The molecule has 0 N–H and O–H groups in total. The van der Waals surface area contributed by atoms with Gasteiger partial charge in [0.05, 0.1) is 0 Å². The van der Waals surface area contributed by atoms with Crippen molar-refractivity contribution < 1.29 is 0 Å². The third kappa shape index (κ3) is 7.24. The minimum absolute atomic E-state index is 0.241. The molecule has 0 aromatic rings. The van der Waals surface area contributed by atoms with E-state index in [4.69, 9.17) is 0 Å². The number of allylic oxidation sites excluding steroid dienone is 1. The van der Waals surface area contributed by atoms with Crippen LogP contribution in [0.15, 0.2) is 12.2 Å². The van der Waals surface area contributed by atoms with Crippen molar-refractivity contribution in [3.63, 3.8) is 0 Å². The molecule has 1 atom stereocenters. The fourth-order valence-corrected chi connectivity index (χ4v) is 2.05. The topological polar surface area (TPSA) is 0 Å². The monoisotopic (exact) mass is 252 g/mol. The molecule has 0 rings (SSSR count). The van der Waals surface area contributed by atoms with Gasteiger partial charge in [0.25, 0.3) is 0 Å². The molecule has 18 heavy (non-hydrogen) atoms. The fourth-order valence-electron chi connectivity index (χ4n) is 2.05. The summed E-state index contributed by atoms with van der Waals surface area (Å²) in [6, 6.07) is 0. The molecular formula is C18H36. The smallest absolute Gasteiger partial charge is 0.0176 e. The molecule has 0 amide bonds. The molecule has 0 saturated heterocycles. The molecule has 1 unspecified atom stereocenters. The van der Waals surface area contributed by atoms with E-state index in [0.29, 0.717) is 10.8 Å². The number of rotatable bonds is 4. The Morgan fingerprint density at radius 1 is 0.889 bits per heavy atom. The normalized spacial score (nSPS) is 15.6. The lowest BCUT2D eigenvalue weighted by Crippen LogP contribution is -2.25. The molecule has 0 aliphatic heterocycles. The van der Waals surface area contributed by atoms with E-state index in [0.717, 1.165) is 5.92 Å². The number of hydrogen-bond acceptors (Lipinski definition) is 0. The Hall–Kier alpha value is -0.260. The Bertz CT molecular complexity index is 262. The predicted octanol–water partition coefficient (Wildman–Crippen LogP) is 6.47. The zero-order valence-electron chi connectivity index (χ0n) is 14.4. The van der Waals surface area contributed by atoms with Crippen molar-refractivity contribution in [3.05, 3.63) is 12.2 Å². The van der Waals surface area contributed by atoms with Crippen LogP contribution in [0.25, 0.3) is 0 Å². The fraction of sp³-hybridized carbons (Fsp3) is 0.889. The van der Waals surface area contributed by atoms with E-state index in [-0.39, 0.29) is 5.41 Å². The van der Waals surface area contributed by atoms with Crippen LogP contribution in [0.2, 0.25) is 0 Å². The average molecular weight is 252 g/mol. The molecule has 0 heterocycles. The third-order valence-corrected chi connectivity index (χ3v) is 4.02. The van der Waals surface area contributed by atoms with Gasteiger partial charge in [0, 0.05) is 0 Å². The van der Waals surface area contributed by atoms with Crippen molar-refractivity contribution >= 4 is 0 Å². The molecule has 0 aliphatic carbocycles. The lowest BCUT2D eigenvalue weighted by molar-refractivity contribution is 0.188. The van der Waals surface area contributed by atoms with E-state index in [1.165, 1.54) is 24.8 Å². The van der Waals surface area contributed by atoms with Crippen LogP contribution in [0.5, 0.6) is 0 Å². The Morgan fingerprint density at radius 3 is 1.61 bits per heavy atom. The summed E-state index contributed by atoms with van der Waals surface area (Å²) in [5.41, 5.74) is 2.45. The Balaban J connectivity index is 4.68. The van der Waals surface area contributed by atoms with Gasteiger partial charge in [-0.3, -0.25) is 0 Å². The second-order valence-electron chi connectivity index (χ2n) is 9.22. The van der Waals surface area contributed by atoms with Gasteiger partial charge in [-0.2, -0.15) is 0 Å². The van der Waals surface area contributed by atoms with Crippen LogP contribution in [-0.4, -0.2) is 0 Å².